The molecule has 1 aromatic rings. The van der Waals surface area contributed by atoms with Gasteiger partial charge in [0, 0.05) is 32.7 Å². The van der Waals surface area contributed by atoms with Crippen LogP contribution in [0.5, 0.6) is 0 Å². The Morgan fingerprint density at radius 3 is 2.00 bits per heavy atom. The fourth-order valence-corrected chi connectivity index (χ4v) is 1.63. The van der Waals surface area contributed by atoms with Gasteiger partial charge >= 0.3 is 0 Å². The zero-order valence-electron chi connectivity index (χ0n) is 9.23. The summed E-state index contributed by atoms with van der Waals surface area (Å²) in [5.74, 6) is 0. The Balaban J connectivity index is 2.33. The molecule has 0 spiro atoms. The summed E-state index contributed by atoms with van der Waals surface area (Å²) in [4.78, 5) is 2.31. The first-order valence-electron chi connectivity index (χ1n) is 5.53. The van der Waals surface area contributed by atoms with Crippen molar-refractivity contribution in [2.24, 2.45) is 11.5 Å². The van der Waals surface area contributed by atoms with Crippen molar-refractivity contribution in [3.05, 3.63) is 35.9 Å². The van der Waals surface area contributed by atoms with Crippen LogP contribution in [0.15, 0.2) is 30.3 Å². The van der Waals surface area contributed by atoms with Crippen molar-refractivity contribution in [3.8, 4) is 0 Å². The molecule has 0 saturated carbocycles. The Morgan fingerprint density at radius 1 is 0.867 bits per heavy atom. The SMILES string of the molecule is NCCN(CCN)CCc1ccccc1. The largest absolute Gasteiger partial charge is 0.329 e. The monoisotopic (exact) mass is 207 g/mol. The zero-order valence-corrected chi connectivity index (χ0v) is 9.23. The van der Waals surface area contributed by atoms with Gasteiger partial charge < -0.3 is 16.4 Å². The van der Waals surface area contributed by atoms with Crippen LogP contribution in [-0.2, 0) is 6.42 Å². The molecule has 0 aromatic heterocycles. The molecule has 0 amide bonds. The minimum atomic E-state index is 0.703. The molecule has 0 heterocycles. The van der Waals surface area contributed by atoms with E-state index in [1.807, 2.05) is 6.07 Å². The minimum absolute atomic E-state index is 0.703. The summed E-state index contributed by atoms with van der Waals surface area (Å²) in [7, 11) is 0. The van der Waals surface area contributed by atoms with Crippen LogP contribution >= 0.6 is 0 Å². The van der Waals surface area contributed by atoms with E-state index in [2.05, 4.69) is 29.2 Å². The van der Waals surface area contributed by atoms with E-state index in [0.29, 0.717) is 13.1 Å². The first-order chi connectivity index (χ1) is 7.36. The molecule has 3 nitrogen and oxygen atoms in total. The molecule has 0 bridgehead atoms. The standard InChI is InChI=1S/C12H21N3/c13-7-10-15(11-8-14)9-6-12-4-2-1-3-5-12/h1-5H,6-11,13-14H2. The van der Waals surface area contributed by atoms with Crippen LogP contribution < -0.4 is 11.5 Å². The summed E-state index contributed by atoms with van der Waals surface area (Å²) >= 11 is 0. The van der Waals surface area contributed by atoms with Crippen LogP contribution in [0.3, 0.4) is 0 Å². The Labute approximate surface area is 92.1 Å². The molecule has 0 aliphatic heterocycles. The normalized spacial score (nSPS) is 10.9. The molecule has 0 unspecified atom stereocenters. The molecule has 0 aliphatic carbocycles. The number of hydrogen-bond donors (Lipinski definition) is 2. The Hall–Kier alpha value is -0.900. The molecule has 0 saturated heterocycles. The molecule has 0 radical (unpaired) electrons. The van der Waals surface area contributed by atoms with E-state index in [1.54, 1.807) is 0 Å². The highest BCUT2D eigenvalue weighted by Gasteiger charge is 2.02. The lowest BCUT2D eigenvalue weighted by Gasteiger charge is -2.20. The third kappa shape index (κ3) is 4.93. The van der Waals surface area contributed by atoms with Crippen LogP contribution in [0.4, 0.5) is 0 Å². The summed E-state index contributed by atoms with van der Waals surface area (Å²) in [5.41, 5.74) is 12.5. The maximum absolute atomic E-state index is 5.55. The van der Waals surface area contributed by atoms with E-state index in [0.717, 1.165) is 26.1 Å². The number of rotatable bonds is 7. The maximum atomic E-state index is 5.55. The fourth-order valence-electron chi connectivity index (χ4n) is 1.63. The number of nitrogens with two attached hydrogens (primary N) is 2. The van der Waals surface area contributed by atoms with Gasteiger partial charge in [-0.05, 0) is 12.0 Å². The number of hydrogen-bond acceptors (Lipinski definition) is 3. The summed E-state index contributed by atoms with van der Waals surface area (Å²) in [6.45, 7) is 4.32. The fraction of sp³-hybridized carbons (Fsp3) is 0.500. The molecule has 1 rings (SSSR count). The van der Waals surface area contributed by atoms with Crippen LogP contribution in [0, 0.1) is 0 Å². The second-order valence-electron chi connectivity index (χ2n) is 3.65. The van der Waals surface area contributed by atoms with E-state index in [4.69, 9.17) is 11.5 Å². The molecule has 84 valence electrons. The van der Waals surface area contributed by atoms with Crippen molar-refractivity contribution in [3.63, 3.8) is 0 Å². The van der Waals surface area contributed by atoms with Gasteiger partial charge in [-0.2, -0.15) is 0 Å². The lowest BCUT2D eigenvalue weighted by molar-refractivity contribution is 0.292. The van der Waals surface area contributed by atoms with Crippen molar-refractivity contribution in [2.45, 2.75) is 6.42 Å². The summed E-state index contributed by atoms with van der Waals surface area (Å²) in [6, 6.07) is 10.5. The van der Waals surface area contributed by atoms with Gasteiger partial charge in [-0.1, -0.05) is 30.3 Å². The van der Waals surface area contributed by atoms with Crippen molar-refractivity contribution in [2.75, 3.05) is 32.7 Å². The molecule has 0 aliphatic rings. The highest BCUT2D eigenvalue weighted by Crippen LogP contribution is 2.00. The van der Waals surface area contributed by atoms with E-state index in [1.165, 1.54) is 5.56 Å². The van der Waals surface area contributed by atoms with Crippen molar-refractivity contribution in [1.29, 1.82) is 0 Å². The molecular weight excluding hydrogens is 186 g/mol. The van der Waals surface area contributed by atoms with Crippen molar-refractivity contribution < 1.29 is 0 Å². The van der Waals surface area contributed by atoms with E-state index >= 15 is 0 Å². The average molecular weight is 207 g/mol. The third-order valence-corrected chi connectivity index (χ3v) is 2.45. The summed E-state index contributed by atoms with van der Waals surface area (Å²) in [5, 5.41) is 0. The molecule has 0 fully saturated rings. The Bertz CT molecular complexity index is 242. The highest BCUT2D eigenvalue weighted by molar-refractivity contribution is 5.14. The van der Waals surface area contributed by atoms with Crippen molar-refractivity contribution >= 4 is 0 Å². The molecule has 0 atom stereocenters. The van der Waals surface area contributed by atoms with Crippen LogP contribution in [0.2, 0.25) is 0 Å². The van der Waals surface area contributed by atoms with Crippen LogP contribution in [-0.4, -0.2) is 37.6 Å². The van der Waals surface area contributed by atoms with E-state index in [9.17, 15) is 0 Å². The second kappa shape index (κ2) is 7.40. The Kier molecular flexibility index (Phi) is 6.00. The van der Waals surface area contributed by atoms with E-state index in [-0.39, 0.29) is 0 Å². The molecular formula is C12H21N3. The molecule has 1 aromatic carbocycles. The summed E-state index contributed by atoms with van der Waals surface area (Å²) in [6.07, 6.45) is 1.07. The average Bonchev–Trinajstić information content (AvgIpc) is 2.28. The van der Waals surface area contributed by atoms with Gasteiger partial charge in [0.25, 0.3) is 0 Å². The highest BCUT2D eigenvalue weighted by atomic mass is 15.1. The predicted octanol–water partition coefficient (Wildman–Crippen LogP) is 0.449. The predicted molar refractivity (Wildman–Crippen MR) is 64.7 cm³/mol. The number of nitrogens with zero attached hydrogens (tertiary/aromatic N) is 1. The second-order valence-corrected chi connectivity index (χ2v) is 3.65. The lowest BCUT2D eigenvalue weighted by atomic mass is 10.1. The lowest BCUT2D eigenvalue weighted by Crippen LogP contribution is -2.35. The van der Waals surface area contributed by atoms with Crippen LogP contribution in [0.1, 0.15) is 5.56 Å². The molecule has 4 N–H and O–H groups in total. The zero-order chi connectivity index (χ0) is 10.9. The maximum Gasteiger partial charge on any atom is 0.0105 e. The van der Waals surface area contributed by atoms with Gasteiger partial charge in [-0.25, -0.2) is 0 Å². The van der Waals surface area contributed by atoms with Gasteiger partial charge in [-0.3, -0.25) is 0 Å². The number of benzene rings is 1. The van der Waals surface area contributed by atoms with Crippen LogP contribution in [0.25, 0.3) is 0 Å². The van der Waals surface area contributed by atoms with Gasteiger partial charge in [0.15, 0.2) is 0 Å². The third-order valence-electron chi connectivity index (χ3n) is 2.45. The van der Waals surface area contributed by atoms with Gasteiger partial charge in [0.1, 0.15) is 0 Å². The smallest absolute Gasteiger partial charge is 0.0105 e. The summed E-state index contributed by atoms with van der Waals surface area (Å²) < 4.78 is 0. The van der Waals surface area contributed by atoms with Gasteiger partial charge in [0.2, 0.25) is 0 Å². The van der Waals surface area contributed by atoms with Gasteiger partial charge in [0.05, 0.1) is 0 Å². The first-order valence-corrected chi connectivity index (χ1v) is 5.53. The quantitative estimate of drug-likeness (QED) is 0.682. The van der Waals surface area contributed by atoms with E-state index < -0.39 is 0 Å². The van der Waals surface area contributed by atoms with Gasteiger partial charge in [-0.15, -0.1) is 0 Å². The first kappa shape index (κ1) is 12.2. The van der Waals surface area contributed by atoms with Crippen molar-refractivity contribution in [1.82, 2.24) is 4.90 Å². The minimum Gasteiger partial charge on any atom is -0.329 e. The Morgan fingerprint density at radius 2 is 1.47 bits per heavy atom. The topological polar surface area (TPSA) is 55.3 Å². The molecule has 15 heavy (non-hydrogen) atoms. The molecule has 3 heteroatoms.